The fraction of sp³-hybridized carbons (Fsp3) is 0.370. The Morgan fingerprint density at radius 1 is 1.08 bits per heavy atom. The quantitative estimate of drug-likeness (QED) is 0.396. The summed E-state index contributed by atoms with van der Waals surface area (Å²) in [5, 5.41) is 23.1. The molecule has 2 heterocycles. The summed E-state index contributed by atoms with van der Waals surface area (Å²) in [4.78, 5) is 15.5. The number of sulfonamides is 1. The molecule has 0 bridgehead atoms. The van der Waals surface area contributed by atoms with Gasteiger partial charge in [-0.2, -0.15) is 14.1 Å². The maximum atomic E-state index is 13.6. The highest BCUT2D eigenvalue weighted by Crippen LogP contribution is 2.30. The van der Waals surface area contributed by atoms with E-state index >= 15 is 0 Å². The number of halogens is 1. The molecule has 0 unspecified atom stereocenters. The molecule has 10 nitrogen and oxygen atoms in total. The summed E-state index contributed by atoms with van der Waals surface area (Å²) in [6.45, 7) is 1.01. The lowest BCUT2D eigenvalue weighted by Crippen LogP contribution is -2.50. The second-order valence-corrected chi connectivity index (χ2v) is 12.1. The van der Waals surface area contributed by atoms with E-state index < -0.39 is 21.3 Å². The highest BCUT2D eigenvalue weighted by Gasteiger charge is 2.31. The molecule has 1 saturated carbocycles. The van der Waals surface area contributed by atoms with Gasteiger partial charge in [-0.1, -0.05) is 29.8 Å². The van der Waals surface area contributed by atoms with E-state index in [0.717, 1.165) is 25.7 Å². The maximum Gasteiger partial charge on any atom is 0.316 e. The predicted molar refractivity (Wildman–Crippen MR) is 150 cm³/mol. The third-order valence-corrected chi connectivity index (χ3v) is 9.12. The van der Waals surface area contributed by atoms with E-state index in [1.54, 1.807) is 42.6 Å². The summed E-state index contributed by atoms with van der Waals surface area (Å²) >= 11 is 6.14. The molecular weight excluding hydrogens is 542 g/mol. The molecule has 39 heavy (non-hydrogen) atoms. The van der Waals surface area contributed by atoms with Gasteiger partial charge < -0.3 is 20.2 Å². The van der Waals surface area contributed by atoms with Crippen molar-refractivity contribution in [1.29, 1.82) is 5.41 Å². The average Bonchev–Trinajstić information content (AvgIpc) is 3.43. The van der Waals surface area contributed by atoms with Crippen molar-refractivity contribution in [2.24, 2.45) is 0 Å². The lowest BCUT2D eigenvalue weighted by molar-refractivity contribution is 0.205. The van der Waals surface area contributed by atoms with Crippen LogP contribution in [0.5, 0.6) is 11.5 Å². The first-order valence-electron chi connectivity index (χ1n) is 12.9. The van der Waals surface area contributed by atoms with Crippen molar-refractivity contribution in [3.05, 3.63) is 75.7 Å². The molecule has 2 aromatic carbocycles. The Balaban J connectivity index is 1.35. The second-order valence-electron chi connectivity index (χ2n) is 9.72. The van der Waals surface area contributed by atoms with Crippen molar-refractivity contribution in [3.8, 4) is 17.2 Å². The second kappa shape index (κ2) is 11.4. The fourth-order valence-corrected chi connectivity index (χ4v) is 6.62. The van der Waals surface area contributed by atoms with Crippen molar-refractivity contribution < 1.29 is 18.3 Å². The first kappa shape index (κ1) is 27.2. The molecule has 0 amide bonds. The Morgan fingerprint density at radius 2 is 1.79 bits per heavy atom. The van der Waals surface area contributed by atoms with Gasteiger partial charge in [0, 0.05) is 36.8 Å². The minimum Gasteiger partial charge on any atom is -0.507 e. The Morgan fingerprint density at radius 3 is 2.49 bits per heavy atom. The van der Waals surface area contributed by atoms with Crippen LogP contribution < -0.4 is 15.2 Å². The SMILES string of the molecule is N=C(CS(=O)(=O)N1CCN(c2cnn(-c3cccc(Cl)c3)c(=O)c2OC2CCCC2)CC1)c1ccccc1O. The van der Waals surface area contributed by atoms with Crippen LogP contribution in [0.3, 0.4) is 0 Å². The summed E-state index contributed by atoms with van der Waals surface area (Å²) < 4.78 is 35.0. The Bertz CT molecular complexity index is 1530. The molecule has 12 heteroatoms. The molecule has 0 atom stereocenters. The number of hydrogen-bond donors (Lipinski definition) is 2. The Kier molecular flexibility index (Phi) is 7.92. The van der Waals surface area contributed by atoms with E-state index in [9.17, 15) is 18.3 Å². The van der Waals surface area contributed by atoms with Gasteiger partial charge in [-0.3, -0.25) is 4.79 Å². The van der Waals surface area contributed by atoms with Gasteiger partial charge in [-0.15, -0.1) is 0 Å². The summed E-state index contributed by atoms with van der Waals surface area (Å²) in [6, 6.07) is 13.1. The number of phenolic OH excluding ortho intramolecular Hbond substituents is 1. The van der Waals surface area contributed by atoms with Gasteiger partial charge in [0.05, 0.1) is 23.7 Å². The highest BCUT2D eigenvalue weighted by atomic mass is 35.5. The van der Waals surface area contributed by atoms with Gasteiger partial charge >= 0.3 is 5.56 Å². The van der Waals surface area contributed by atoms with Crippen LogP contribution >= 0.6 is 11.6 Å². The summed E-state index contributed by atoms with van der Waals surface area (Å²) in [7, 11) is -3.79. The number of nitrogens with zero attached hydrogens (tertiary/aromatic N) is 4. The van der Waals surface area contributed by atoms with Gasteiger partial charge in [0.1, 0.15) is 17.2 Å². The fourth-order valence-electron chi connectivity index (χ4n) is 5.02. The van der Waals surface area contributed by atoms with E-state index in [1.165, 1.54) is 21.1 Å². The van der Waals surface area contributed by atoms with Crippen molar-refractivity contribution in [1.82, 2.24) is 14.1 Å². The van der Waals surface area contributed by atoms with Crippen LogP contribution in [0.2, 0.25) is 5.02 Å². The third kappa shape index (κ3) is 5.95. The number of phenols is 1. The molecule has 2 N–H and O–H groups in total. The van der Waals surface area contributed by atoms with Crippen LogP contribution in [0.25, 0.3) is 5.69 Å². The predicted octanol–water partition coefficient (Wildman–Crippen LogP) is 3.43. The zero-order valence-corrected chi connectivity index (χ0v) is 22.9. The summed E-state index contributed by atoms with van der Waals surface area (Å²) in [6.07, 6.45) is 5.35. The lowest BCUT2D eigenvalue weighted by Gasteiger charge is -2.36. The van der Waals surface area contributed by atoms with Crippen LogP contribution in [-0.2, 0) is 10.0 Å². The summed E-state index contributed by atoms with van der Waals surface area (Å²) in [5.74, 6) is -0.440. The molecule has 2 aliphatic rings. The largest absolute Gasteiger partial charge is 0.507 e. The molecule has 1 aliphatic carbocycles. The van der Waals surface area contributed by atoms with Gasteiger partial charge in [0.25, 0.3) is 0 Å². The Hall–Kier alpha value is -3.41. The van der Waals surface area contributed by atoms with E-state index in [2.05, 4.69) is 5.10 Å². The summed E-state index contributed by atoms with van der Waals surface area (Å²) in [5.41, 5.74) is 0.687. The van der Waals surface area contributed by atoms with Gasteiger partial charge in [0.15, 0.2) is 0 Å². The number of piperazine rings is 1. The monoisotopic (exact) mass is 571 g/mol. The molecule has 3 aromatic rings. The lowest BCUT2D eigenvalue weighted by atomic mass is 10.1. The van der Waals surface area contributed by atoms with Gasteiger partial charge in [-0.05, 0) is 56.0 Å². The van der Waals surface area contributed by atoms with Gasteiger partial charge in [-0.25, -0.2) is 8.42 Å². The Labute approximate surface area is 232 Å². The van der Waals surface area contributed by atoms with E-state index in [1.807, 2.05) is 4.90 Å². The highest BCUT2D eigenvalue weighted by molar-refractivity contribution is 7.89. The molecule has 1 saturated heterocycles. The average molecular weight is 572 g/mol. The number of nitrogens with one attached hydrogen (secondary N) is 1. The number of benzene rings is 2. The third-order valence-electron chi connectivity index (χ3n) is 7.08. The zero-order chi connectivity index (χ0) is 27.6. The van der Waals surface area contributed by atoms with E-state index in [0.29, 0.717) is 29.5 Å². The number of ether oxygens (including phenoxy) is 1. The molecule has 1 aromatic heterocycles. The van der Waals surface area contributed by atoms with Crippen LogP contribution in [0.4, 0.5) is 5.69 Å². The first-order chi connectivity index (χ1) is 18.7. The molecule has 206 valence electrons. The maximum absolute atomic E-state index is 13.6. The number of anilines is 1. The van der Waals surface area contributed by atoms with Crippen molar-refractivity contribution in [3.63, 3.8) is 0 Å². The zero-order valence-electron chi connectivity index (χ0n) is 21.3. The van der Waals surface area contributed by atoms with Crippen LogP contribution in [-0.4, -0.2) is 71.4 Å². The topological polar surface area (TPSA) is 129 Å². The van der Waals surface area contributed by atoms with Crippen LogP contribution in [0, 0.1) is 5.41 Å². The number of rotatable bonds is 8. The minimum absolute atomic E-state index is 0.0613. The first-order valence-corrected chi connectivity index (χ1v) is 14.8. The number of hydrogen-bond acceptors (Lipinski definition) is 8. The van der Waals surface area contributed by atoms with E-state index in [4.69, 9.17) is 21.7 Å². The van der Waals surface area contributed by atoms with Crippen molar-refractivity contribution >= 4 is 33.0 Å². The van der Waals surface area contributed by atoms with Gasteiger partial charge in [0.2, 0.25) is 15.8 Å². The number of para-hydroxylation sites is 1. The van der Waals surface area contributed by atoms with E-state index in [-0.39, 0.29) is 42.0 Å². The molecule has 0 radical (unpaired) electrons. The molecule has 5 rings (SSSR count). The van der Waals surface area contributed by atoms with Crippen molar-refractivity contribution in [2.75, 3.05) is 36.8 Å². The van der Waals surface area contributed by atoms with Crippen LogP contribution in [0.1, 0.15) is 31.2 Å². The molecule has 2 fully saturated rings. The minimum atomic E-state index is -3.79. The number of aromatic nitrogens is 2. The van der Waals surface area contributed by atoms with Crippen molar-refractivity contribution in [2.45, 2.75) is 31.8 Å². The molecular formula is C27H30ClN5O5S. The smallest absolute Gasteiger partial charge is 0.316 e. The molecule has 1 aliphatic heterocycles. The standard InChI is InChI=1S/C27H30ClN5O5S/c28-19-6-5-7-20(16-19)33-27(35)26(38-21-8-1-2-9-21)24(17-30-33)31-12-14-32(15-13-31)39(36,37)18-23(29)22-10-3-4-11-25(22)34/h3-7,10-11,16-17,21,29,34H,1-2,8-9,12-15,18H2. The normalized spacial score (nSPS) is 16.9. The molecule has 0 spiro atoms. The van der Waals surface area contributed by atoms with Crippen LogP contribution in [0.15, 0.2) is 59.5 Å². The number of aromatic hydroxyl groups is 1.